The zero-order chi connectivity index (χ0) is 15.9. The lowest BCUT2D eigenvalue weighted by molar-refractivity contribution is -0.0985. The van der Waals surface area contributed by atoms with Crippen LogP contribution in [0.3, 0.4) is 0 Å². The second-order valence-electron chi connectivity index (χ2n) is 5.38. The molecule has 3 heterocycles. The number of aromatic nitrogens is 4. The summed E-state index contributed by atoms with van der Waals surface area (Å²) in [5.41, 5.74) is 5.24. The highest BCUT2D eigenvalue weighted by Crippen LogP contribution is 2.45. The third-order valence-corrected chi connectivity index (χ3v) is 4.27. The summed E-state index contributed by atoms with van der Waals surface area (Å²) in [5.74, 6) is 0.173. The normalized spacial score (nSPS) is 31.9. The Balaban J connectivity index is 2.02. The topological polar surface area (TPSA) is 119 Å². The number of anilines is 1. The molecule has 4 unspecified atom stereocenters. The SMILES string of the molecule is CCC1(CCO)OC(c2cnc3c(N)ncnn23)C(F)C1O. The average Bonchev–Trinajstić information content (AvgIpc) is 3.04. The van der Waals surface area contributed by atoms with Gasteiger partial charge in [-0.2, -0.15) is 5.10 Å². The summed E-state index contributed by atoms with van der Waals surface area (Å²) in [6, 6.07) is 0. The van der Waals surface area contributed by atoms with Crippen LogP contribution in [0.1, 0.15) is 31.6 Å². The van der Waals surface area contributed by atoms with Crippen molar-refractivity contribution in [2.45, 2.75) is 43.7 Å². The van der Waals surface area contributed by atoms with E-state index < -0.39 is 24.0 Å². The number of fused-ring (bicyclic) bond motifs is 1. The van der Waals surface area contributed by atoms with Crippen LogP contribution in [0.2, 0.25) is 0 Å². The second-order valence-corrected chi connectivity index (χ2v) is 5.38. The van der Waals surface area contributed by atoms with Gasteiger partial charge in [-0.3, -0.25) is 0 Å². The van der Waals surface area contributed by atoms with Gasteiger partial charge in [0.15, 0.2) is 17.6 Å². The first-order chi connectivity index (χ1) is 10.5. The summed E-state index contributed by atoms with van der Waals surface area (Å²) in [6.07, 6.45) is -0.843. The zero-order valence-corrected chi connectivity index (χ0v) is 12.1. The fourth-order valence-electron chi connectivity index (χ4n) is 2.98. The average molecular weight is 311 g/mol. The molecule has 4 N–H and O–H groups in total. The Bertz CT molecular complexity index is 681. The van der Waals surface area contributed by atoms with Crippen molar-refractivity contribution in [1.82, 2.24) is 19.6 Å². The second kappa shape index (κ2) is 5.41. The molecule has 3 rings (SSSR count). The molecular weight excluding hydrogens is 293 g/mol. The van der Waals surface area contributed by atoms with Gasteiger partial charge in [0.1, 0.15) is 18.5 Å². The van der Waals surface area contributed by atoms with Gasteiger partial charge in [-0.25, -0.2) is 18.9 Å². The molecule has 0 saturated carbocycles. The smallest absolute Gasteiger partial charge is 0.196 e. The number of hydrogen-bond donors (Lipinski definition) is 3. The standard InChI is InChI=1S/C13H18FN5O3/c1-2-13(3-4-20)10(21)8(14)9(22-13)7-5-16-12-11(15)17-6-18-19(7)12/h5-6,8-10,20-21H,2-4H2,1H3,(H2,15,17,18). The number of nitrogens with two attached hydrogens (primary N) is 1. The van der Waals surface area contributed by atoms with Crippen molar-refractivity contribution in [3.63, 3.8) is 0 Å². The molecule has 1 saturated heterocycles. The Morgan fingerprint density at radius 1 is 1.50 bits per heavy atom. The first kappa shape index (κ1) is 15.1. The maximum atomic E-state index is 14.6. The van der Waals surface area contributed by atoms with Crippen LogP contribution in [0, 0.1) is 0 Å². The van der Waals surface area contributed by atoms with Gasteiger partial charge < -0.3 is 20.7 Å². The van der Waals surface area contributed by atoms with Crippen molar-refractivity contribution < 1.29 is 19.3 Å². The summed E-state index contributed by atoms with van der Waals surface area (Å²) in [6.45, 7) is 1.58. The number of aliphatic hydroxyl groups is 2. The van der Waals surface area contributed by atoms with Crippen molar-refractivity contribution >= 4 is 11.5 Å². The molecule has 1 aliphatic rings. The van der Waals surface area contributed by atoms with Gasteiger partial charge in [-0.15, -0.1) is 0 Å². The van der Waals surface area contributed by atoms with Crippen LogP contribution in [0.15, 0.2) is 12.5 Å². The van der Waals surface area contributed by atoms with Gasteiger partial charge in [0.2, 0.25) is 0 Å². The molecule has 2 aromatic rings. The van der Waals surface area contributed by atoms with Crippen molar-refractivity contribution in [2.75, 3.05) is 12.3 Å². The molecule has 8 nitrogen and oxygen atoms in total. The molecule has 2 aromatic heterocycles. The van der Waals surface area contributed by atoms with E-state index in [0.29, 0.717) is 17.8 Å². The van der Waals surface area contributed by atoms with E-state index in [9.17, 15) is 14.6 Å². The third kappa shape index (κ3) is 2.04. The first-order valence-electron chi connectivity index (χ1n) is 7.09. The van der Waals surface area contributed by atoms with E-state index in [4.69, 9.17) is 10.5 Å². The largest absolute Gasteiger partial charge is 0.396 e. The van der Waals surface area contributed by atoms with Crippen molar-refractivity contribution in [2.24, 2.45) is 0 Å². The lowest BCUT2D eigenvalue weighted by atomic mass is 9.89. The van der Waals surface area contributed by atoms with Gasteiger partial charge in [-0.1, -0.05) is 6.92 Å². The number of nitrogen functional groups attached to an aromatic ring is 1. The lowest BCUT2D eigenvalue weighted by Crippen LogP contribution is -2.42. The number of hydrogen-bond acceptors (Lipinski definition) is 7. The summed E-state index contributed by atoms with van der Waals surface area (Å²) in [5, 5.41) is 23.4. The molecule has 120 valence electrons. The Morgan fingerprint density at radius 3 is 2.95 bits per heavy atom. The van der Waals surface area contributed by atoms with Crippen LogP contribution in [-0.2, 0) is 4.74 Å². The highest BCUT2D eigenvalue weighted by Gasteiger charge is 2.55. The molecule has 0 aliphatic carbocycles. The highest BCUT2D eigenvalue weighted by molar-refractivity contribution is 5.58. The monoisotopic (exact) mass is 311 g/mol. The number of alkyl halides is 1. The van der Waals surface area contributed by atoms with E-state index in [1.165, 1.54) is 17.0 Å². The van der Waals surface area contributed by atoms with Gasteiger partial charge in [0.05, 0.1) is 17.5 Å². The number of halogens is 1. The van der Waals surface area contributed by atoms with Gasteiger partial charge in [0.25, 0.3) is 0 Å². The van der Waals surface area contributed by atoms with Crippen LogP contribution >= 0.6 is 0 Å². The number of aliphatic hydroxyl groups excluding tert-OH is 2. The molecular formula is C13H18FN5O3. The third-order valence-electron chi connectivity index (χ3n) is 4.27. The van der Waals surface area contributed by atoms with Crippen LogP contribution in [0.5, 0.6) is 0 Å². The molecule has 0 spiro atoms. The molecule has 4 atom stereocenters. The highest BCUT2D eigenvalue weighted by atomic mass is 19.1. The molecule has 0 aromatic carbocycles. The van der Waals surface area contributed by atoms with Crippen LogP contribution < -0.4 is 5.73 Å². The maximum Gasteiger partial charge on any atom is 0.196 e. The Hall–Kier alpha value is -1.84. The zero-order valence-electron chi connectivity index (χ0n) is 12.1. The minimum Gasteiger partial charge on any atom is -0.396 e. The molecule has 1 aliphatic heterocycles. The summed E-state index contributed by atoms with van der Waals surface area (Å²) < 4.78 is 21.8. The summed E-state index contributed by atoms with van der Waals surface area (Å²) in [4.78, 5) is 7.90. The molecule has 1 fully saturated rings. The van der Waals surface area contributed by atoms with E-state index in [1.54, 1.807) is 6.92 Å². The van der Waals surface area contributed by atoms with Gasteiger partial charge in [-0.05, 0) is 6.42 Å². The van der Waals surface area contributed by atoms with Gasteiger partial charge in [0, 0.05) is 13.0 Å². The molecule has 9 heteroatoms. The van der Waals surface area contributed by atoms with Crippen LogP contribution in [0.25, 0.3) is 5.65 Å². The summed E-state index contributed by atoms with van der Waals surface area (Å²) in [7, 11) is 0. The van der Waals surface area contributed by atoms with E-state index in [1.807, 2.05) is 0 Å². The van der Waals surface area contributed by atoms with E-state index in [0.717, 1.165) is 0 Å². The minimum absolute atomic E-state index is 0.148. The Labute approximate surface area is 125 Å². The maximum absolute atomic E-state index is 14.6. The Morgan fingerprint density at radius 2 is 2.27 bits per heavy atom. The van der Waals surface area contributed by atoms with E-state index >= 15 is 0 Å². The molecule has 22 heavy (non-hydrogen) atoms. The Kier molecular flexibility index (Phi) is 3.71. The van der Waals surface area contributed by atoms with E-state index in [2.05, 4.69) is 15.1 Å². The van der Waals surface area contributed by atoms with Crippen LogP contribution in [0.4, 0.5) is 10.2 Å². The molecule has 0 radical (unpaired) electrons. The van der Waals surface area contributed by atoms with Gasteiger partial charge >= 0.3 is 0 Å². The van der Waals surface area contributed by atoms with Crippen molar-refractivity contribution in [1.29, 1.82) is 0 Å². The predicted molar refractivity (Wildman–Crippen MR) is 74.6 cm³/mol. The van der Waals surface area contributed by atoms with Crippen molar-refractivity contribution in [3.05, 3.63) is 18.2 Å². The summed E-state index contributed by atoms with van der Waals surface area (Å²) >= 11 is 0. The number of imidazole rings is 1. The molecule has 0 amide bonds. The predicted octanol–water partition coefficient (Wildman–Crippen LogP) is 0.00800. The fraction of sp³-hybridized carbons (Fsp3) is 0.615. The molecule has 0 bridgehead atoms. The van der Waals surface area contributed by atoms with Crippen molar-refractivity contribution in [3.8, 4) is 0 Å². The number of ether oxygens (including phenoxy) is 1. The fourth-order valence-corrected chi connectivity index (χ4v) is 2.98. The lowest BCUT2D eigenvalue weighted by Gasteiger charge is -2.30. The number of rotatable bonds is 4. The minimum atomic E-state index is -1.65. The van der Waals surface area contributed by atoms with Crippen LogP contribution in [-0.4, -0.2) is 54.3 Å². The van der Waals surface area contributed by atoms with E-state index in [-0.39, 0.29) is 18.8 Å². The quantitative estimate of drug-likeness (QED) is 0.727. The first-order valence-corrected chi connectivity index (χ1v) is 7.09. The number of nitrogens with zero attached hydrogens (tertiary/aromatic N) is 4.